The summed E-state index contributed by atoms with van der Waals surface area (Å²) in [4.78, 5) is 16.5. The Hall–Kier alpha value is -1.93. The van der Waals surface area contributed by atoms with Crippen LogP contribution in [0.25, 0.3) is 0 Å². The highest BCUT2D eigenvalue weighted by atomic mass is 32.2. The van der Waals surface area contributed by atoms with E-state index in [2.05, 4.69) is 9.71 Å². The Labute approximate surface area is 138 Å². The zero-order valence-electron chi connectivity index (χ0n) is 12.9. The van der Waals surface area contributed by atoms with Crippen molar-refractivity contribution < 1.29 is 17.9 Å². The van der Waals surface area contributed by atoms with Crippen molar-refractivity contribution in [3.63, 3.8) is 0 Å². The van der Waals surface area contributed by atoms with Crippen LogP contribution in [0.3, 0.4) is 0 Å². The fourth-order valence-electron chi connectivity index (χ4n) is 2.65. The van der Waals surface area contributed by atoms with Crippen LogP contribution in [-0.4, -0.2) is 25.4 Å². The van der Waals surface area contributed by atoms with Crippen LogP contribution in [-0.2, 0) is 14.8 Å². The number of hydrogen-bond donors (Lipinski definition) is 1. The molecule has 0 saturated heterocycles. The first-order valence-electron chi connectivity index (χ1n) is 7.06. The molecule has 1 aliphatic rings. The Balaban J connectivity index is 1.82. The molecule has 0 saturated carbocycles. The third kappa shape index (κ3) is 2.84. The van der Waals surface area contributed by atoms with Crippen molar-refractivity contribution in [3.05, 3.63) is 40.5 Å². The van der Waals surface area contributed by atoms with Crippen LogP contribution in [0, 0.1) is 13.8 Å². The number of para-hydroxylation sites is 1. The zero-order chi connectivity index (χ0) is 16.8. The summed E-state index contributed by atoms with van der Waals surface area (Å²) in [6.07, 6.45) is -0.864. The van der Waals surface area contributed by atoms with Crippen LogP contribution < -0.4 is 9.46 Å². The Morgan fingerprint density at radius 3 is 2.61 bits per heavy atom. The van der Waals surface area contributed by atoms with Crippen LogP contribution in [0.4, 0.5) is 0 Å². The normalized spacial score (nSPS) is 20.0. The molecular weight excluding hydrogens is 336 g/mol. The lowest BCUT2D eigenvalue weighted by Crippen LogP contribution is -2.41. The number of aromatic nitrogens is 1. The van der Waals surface area contributed by atoms with Crippen molar-refractivity contribution in [3.8, 4) is 5.75 Å². The van der Waals surface area contributed by atoms with Gasteiger partial charge in [-0.05, 0) is 19.9 Å². The summed E-state index contributed by atoms with van der Waals surface area (Å²) in [5, 5.41) is 0.633. The summed E-state index contributed by atoms with van der Waals surface area (Å²) in [6, 6.07) is 7.31. The first-order valence-corrected chi connectivity index (χ1v) is 9.36. The van der Waals surface area contributed by atoms with Crippen molar-refractivity contribution in [2.75, 3.05) is 0 Å². The number of hydrogen-bond acceptors (Lipinski definition) is 6. The van der Waals surface area contributed by atoms with Gasteiger partial charge in [0, 0.05) is 11.5 Å². The first kappa shape index (κ1) is 15.9. The summed E-state index contributed by atoms with van der Waals surface area (Å²) in [5.41, 5.74) is 1.28. The molecule has 3 rings (SSSR count). The highest BCUT2D eigenvalue weighted by Gasteiger charge is 2.38. The minimum absolute atomic E-state index is 0.0616. The number of carbonyl (C=O) groups is 1. The summed E-state index contributed by atoms with van der Waals surface area (Å²) in [6.45, 7) is 5.16. The summed E-state index contributed by atoms with van der Waals surface area (Å²) >= 11 is 1.04. The molecular formula is C15H16N2O4S2. The quantitative estimate of drug-likeness (QED) is 0.915. The highest BCUT2D eigenvalue weighted by Crippen LogP contribution is 2.37. The highest BCUT2D eigenvalue weighted by molar-refractivity contribution is 7.92. The third-order valence-corrected chi connectivity index (χ3v) is 6.75. The molecule has 1 amide bonds. The molecule has 0 fully saturated rings. The molecule has 0 spiro atoms. The summed E-state index contributed by atoms with van der Waals surface area (Å²) < 4.78 is 32.6. The van der Waals surface area contributed by atoms with E-state index in [1.165, 1.54) is 0 Å². The fourth-order valence-corrected chi connectivity index (χ4v) is 5.12. The van der Waals surface area contributed by atoms with E-state index >= 15 is 0 Å². The Morgan fingerprint density at radius 1 is 1.30 bits per heavy atom. The molecule has 2 heterocycles. The van der Waals surface area contributed by atoms with E-state index in [0.29, 0.717) is 16.5 Å². The van der Waals surface area contributed by atoms with E-state index in [9.17, 15) is 13.2 Å². The Bertz CT molecular complexity index is 873. The molecule has 0 radical (unpaired) electrons. The molecule has 1 N–H and O–H groups in total. The van der Waals surface area contributed by atoms with Gasteiger partial charge in [0.1, 0.15) is 5.75 Å². The van der Waals surface area contributed by atoms with Crippen LogP contribution in [0.1, 0.15) is 29.1 Å². The van der Waals surface area contributed by atoms with Gasteiger partial charge in [0.25, 0.3) is 15.9 Å². The van der Waals surface area contributed by atoms with Crippen molar-refractivity contribution in [1.82, 2.24) is 9.71 Å². The van der Waals surface area contributed by atoms with Crippen molar-refractivity contribution in [1.29, 1.82) is 0 Å². The van der Waals surface area contributed by atoms with E-state index < -0.39 is 22.0 Å². The van der Waals surface area contributed by atoms with E-state index in [0.717, 1.165) is 16.9 Å². The fraction of sp³-hybridized carbons (Fsp3) is 0.333. The number of rotatable bonds is 3. The average Bonchev–Trinajstić information content (AvgIpc) is 2.99. The lowest BCUT2D eigenvalue weighted by atomic mass is 9.97. The molecule has 8 heteroatoms. The van der Waals surface area contributed by atoms with Crippen molar-refractivity contribution >= 4 is 27.3 Å². The van der Waals surface area contributed by atoms with Crippen LogP contribution in [0.15, 0.2) is 28.5 Å². The monoisotopic (exact) mass is 352 g/mol. The van der Waals surface area contributed by atoms with Crippen LogP contribution in [0.5, 0.6) is 5.75 Å². The van der Waals surface area contributed by atoms with Gasteiger partial charge in [-0.3, -0.25) is 4.79 Å². The maximum absolute atomic E-state index is 12.4. The molecule has 1 aromatic heterocycles. The van der Waals surface area contributed by atoms with E-state index in [4.69, 9.17) is 4.74 Å². The van der Waals surface area contributed by atoms with Gasteiger partial charge >= 0.3 is 0 Å². The van der Waals surface area contributed by atoms with Crippen LogP contribution in [0.2, 0.25) is 0 Å². The van der Waals surface area contributed by atoms with Crippen LogP contribution >= 0.6 is 11.3 Å². The van der Waals surface area contributed by atoms with E-state index in [-0.39, 0.29) is 10.1 Å². The molecule has 23 heavy (non-hydrogen) atoms. The Morgan fingerprint density at radius 2 is 2.00 bits per heavy atom. The van der Waals surface area contributed by atoms with E-state index in [1.807, 2.05) is 25.1 Å². The van der Waals surface area contributed by atoms with Gasteiger partial charge in [0.2, 0.25) is 0 Å². The number of amides is 1. The number of sulfonamides is 1. The second-order valence-electron chi connectivity index (χ2n) is 5.44. The lowest BCUT2D eigenvalue weighted by Gasteiger charge is -2.15. The molecule has 6 nitrogen and oxygen atoms in total. The van der Waals surface area contributed by atoms with Gasteiger partial charge < -0.3 is 4.74 Å². The minimum Gasteiger partial charge on any atom is -0.480 e. The maximum Gasteiger partial charge on any atom is 0.275 e. The molecule has 0 aliphatic carbocycles. The van der Waals surface area contributed by atoms with Gasteiger partial charge in [-0.1, -0.05) is 25.1 Å². The largest absolute Gasteiger partial charge is 0.480 e. The standard InChI is InChI=1S/C15H16N2O4S2/c1-8-11-6-4-5-7-12(11)21-13(8)14(18)17-23(19,20)15-9(2)16-10(3)22-15/h4-8,13H,1-3H3,(H,17,18)/t8-,13+/m1/s1. The molecule has 0 bridgehead atoms. The molecule has 122 valence electrons. The number of thiazole rings is 1. The third-order valence-electron chi connectivity index (χ3n) is 3.72. The summed E-state index contributed by atoms with van der Waals surface area (Å²) in [5.74, 6) is -0.271. The maximum atomic E-state index is 12.4. The smallest absolute Gasteiger partial charge is 0.275 e. The zero-order valence-corrected chi connectivity index (χ0v) is 14.5. The van der Waals surface area contributed by atoms with Gasteiger partial charge in [0.05, 0.1) is 10.7 Å². The number of ether oxygens (including phenoxy) is 1. The predicted molar refractivity (Wildman–Crippen MR) is 86.2 cm³/mol. The SMILES string of the molecule is Cc1nc(C)c(S(=O)(=O)NC(=O)[C@H]2Oc3ccccc3[C@H]2C)s1. The molecule has 1 aliphatic heterocycles. The number of aryl methyl sites for hydroxylation is 2. The number of carbonyl (C=O) groups excluding carboxylic acids is 1. The molecule has 0 unspecified atom stereocenters. The first-order chi connectivity index (χ1) is 10.8. The predicted octanol–water partition coefficient (Wildman–Crippen LogP) is 2.13. The summed E-state index contributed by atoms with van der Waals surface area (Å²) in [7, 11) is -3.94. The van der Waals surface area contributed by atoms with Gasteiger partial charge in [0.15, 0.2) is 10.3 Å². The minimum atomic E-state index is -3.94. The van der Waals surface area contributed by atoms with Gasteiger partial charge in [-0.2, -0.15) is 0 Å². The second kappa shape index (κ2) is 5.61. The average molecular weight is 352 g/mol. The lowest BCUT2D eigenvalue weighted by molar-refractivity contribution is -0.126. The molecule has 2 aromatic rings. The van der Waals surface area contributed by atoms with Gasteiger partial charge in [-0.25, -0.2) is 18.1 Å². The number of nitrogens with one attached hydrogen (secondary N) is 1. The van der Waals surface area contributed by atoms with Gasteiger partial charge in [-0.15, -0.1) is 11.3 Å². The van der Waals surface area contributed by atoms with Crippen molar-refractivity contribution in [2.45, 2.75) is 37.0 Å². The number of nitrogens with zero attached hydrogens (tertiary/aromatic N) is 1. The molecule has 1 aromatic carbocycles. The second-order valence-corrected chi connectivity index (χ2v) is 8.52. The van der Waals surface area contributed by atoms with E-state index in [1.54, 1.807) is 19.9 Å². The number of fused-ring (bicyclic) bond motifs is 1. The topological polar surface area (TPSA) is 85.4 Å². The van der Waals surface area contributed by atoms with Crippen molar-refractivity contribution in [2.24, 2.45) is 0 Å². The Kier molecular flexibility index (Phi) is 3.89. The number of benzene rings is 1. The molecule has 2 atom stereocenters.